The molecule has 5 heteroatoms. The van der Waals surface area contributed by atoms with E-state index in [1.54, 1.807) is 32.2 Å². The average molecular weight is 392 g/mol. The van der Waals surface area contributed by atoms with Gasteiger partial charge in [0.05, 0.1) is 17.7 Å². The van der Waals surface area contributed by atoms with Gasteiger partial charge in [0.25, 0.3) is 5.91 Å². The molecule has 1 N–H and O–H groups in total. The van der Waals surface area contributed by atoms with Gasteiger partial charge in [-0.3, -0.25) is 9.59 Å². The molecule has 0 fully saturated rings. The highest BCUT2D eigenvalue weighted by Crippen LogP contribution is 2.24. The van der Waals surface area contributed by atoms with Crippen molar-refractivity contribution < 1.29 is 14.3 Å². The van der Waals surface area contributed by atoms with E-state index in [9.17, 15) is 9.59 Å². The summed E-state index contributed by atoms with van der Waals surface area (Å²) < 4.78 is 6.03. The van der Waals surface area contributed by atoms with Crippen LogP contribution in [0.3, 0.4) is 0 Å². The third-order valence-electron chi connectivity index (χ3n) is 5.25. The van der Waals surface area contributed by atoms with Crippen molar-refractivity contribution in [3.8, 4) is 5.75 Å². The zero-order valence-corrected chi connectivity index (χ0v) is 17.2. The average Bonchev–Trinajstić information content (AvgIpc) is 2.74. The largest absolute Gasteiger partial charge is 0.490 e. The molecule has 0 spiro atoms. The number of ether oxygens (including phenoxy) is 1. The number of para-hydroxylation sites is 1. The van der Waals surface area contributed by atoms with E-state index in [1.165, 1.54) is 4.90 Å². The maximum atomic E-state index is 13.1. The van der Waals surface area contributed by atoms with E-state index < -0.39 is 6.04 Å². The summed E-state index contributed by atoms with van der Waals surface area (Å²) in [6.07, 6.45) is 5.46. The standard InChI is InChI=1S/C24H28N2O3/c1-17-11-7-9-15-21(19-12-5-4-6-13-19)25-23(27)18(2)26(3)24(28)20-14-8-10-16-22(20)29-17/h4-10,12-14,16-18,21H,11,15H2,1-3H3,(H,25,27)/b9-7-/t17-,18-,21-/m0/s1. The Kier molecular flexibility index (Phi) is 6.70. The van der Waals surface area contributed by atoms with Crippen molar-refractivity contribution in [2.75, 3.05) is 7.05 Å². The number of hydrogen-bond donors (Lipinski definition) is 1. The van der Waals surface area contributed by atoms with Crippen molar-refractivity contribution in [2.24, 2.45) is 0 Å². The second-order valence-electron chi connectivity index (χ2n) is 7.43. The molecular weight excluding hydrogens is 364 g/mol. The van der Waals surface area contributed by atoms with Gasteiger partial charge in [-0.15, -0.1) is 0 Å². The van der Waals surface area contributed by atoms with Crippen LogP contribution < -0.4 is 10.1 Å². The highest BCUT2D eigenvalue weighted by atomic mass is 16.5. The fourth-order valence-electron chi connectivity index (χ4n) is 3.33. The van der Waals surface area contributed by atoms with Crippen LogP contribution >= 0.6 is 0 Å². The van der Waals surface area contributed by atoms with Gasteiger partial charge < -0.3 is 15.0 Å². The van der Waals surface area contributed by atoms with Crippen LogP contribution in [0.2, 0.25) is 0 Å². The number of carbonyl (C=O) groups excluding carboxylic acids is 2. The summed E-state index contributed by atoms with van der Waals surface area (Å²) in [5.41, 5.74) is 1.50. The Labute approximate surface area is 172 Å². The number of rotatable bonds is 1. The summed E-state index contributed by atoms with van der Waals surface area (Å²) in [6.45, 7) is 3.73. The minimum Gasteiger partial charge on any atom is -0.490 e. The van der Waals surface area contributed by atoms with E-state index in [0.717, 1.165) is 5.56 Å². The van der Waals surface area contributed by atoms with Gasteiger partial charge in [0.2, 0.25) is 5.91 Å². The lowest BCUT2D eigenvalue weighted by molar-refractivity contribution is -0.125. The molecule has 2 aromatic rings. The van der Waals surface area contributed by atoms with E-state index in [2.05, 4.69) is 17.5 Å². The molecule has 0 bridgehead atoms. The fraction of sp³-hybridized carbons (Fsp3) is 0.333. The van der Waals surface area contributed by atoms with E-state index >= 15 is 0 Å². The molecule has 5 nitrogen and oxygen atoms in total. The molecule has 2 aromatic carbocycles. The number of hydrogen-bond acceptors (Lipinski definition) is 3. The Morgan fingerprint density at radius 1 is 0.931 bits per heavy atom. The molecule has 3 atom stereocenters. The van der Waals surface area contributed by atoms with Crippen LogP contribution in [0.1, 0.15) is 48.7 Å². The number of amides is 2. The minimum absolute atomic E-state index is 0.0735. The van der Waals surface area contributed by atoms with E-state index in [1.807, 2.05) is 43.3 Å². The van der Waals surface area contributed by atoms with Crippen molar-refractivity contribution in [3.05, 3.63) is 77.9 Å². The van der Waals surface area contributed by atoms with E-state index in [4.69, 9.17) is 4.74 Å². The zero-order valence-electron chi connectivity index (χ0n) is 17.2. The highest BCUT2D eigenvalue weighted by molar-refractivity contribution is 5.99. The summed E-state index contributed by atoms with van der Waals surface area (Å²) in [7, 11) is 1.65. The highest BCUT2D eigenvalue weighted by Gasteiger charge is 2.27. The number of carbonyl (C=O) groups is 2. The Morgan fingerprint density at radius 2 is 1.59 bits per heavy atom. The number of nitrogens with zero attached hydrogens (tertiary/aromatic N) is 1. The topological polar surface area (TPSA) is 58.6 Å². The van der Waals surface area contributed by atoms with Gasteiger partial charge in [-0.25, -0.2) is 0 Å². The summed E-state index contributed by atoms with van der Waals surface area (Å²) >= 11 is 0. The summed E-state index contributed by atoms with van der Waals surface area (Å²) in [5, 5.41) is 3.11. The van der Waals surface area contributed by atoms with Crippen molar-refractivity contribution in [3.63, 3.8) is 0 Å². The molecule has 3 rings (SSSR count). The van der Waals surface area contributed by atoms with Gasteiger partial charge in [-0.05, 0) is 38.0 Å². The Morgan fingerprint density at radius 3 is 2.34 bits per heavy atom. The quantitative estimate of drug-likeness (QED) is 0.743. The molecule has 0 aliphatic carbocycles. The van der Waals surface area contributed by atoms with Gasteiger partial charge in [0, 0.05) is 13.5 Å². The monoisotopic (exact) mass is 392 g/mol. The Bertz CT molecular complexity index is 879. The lowest BCUT2D eigenvalue weighted by Crippen LogP contribution is -2.47. The number of nitrogens with one attached hydrogen (secondary N) is 1. The third-order valence-corrected chi connectivity index (χ3v) is 5.25. The van der Waals surface area contributed by atoms with E-state index in [-0.39, 0.29) is 24.0 Å². The maximum absolute atomic E-state index is 13.1. The molecule has 1 heterocycles. The fourth-order valence-corrected chi connectivity index (χ4v) is 3.33. The van der Waals surface area contributed by atoms with Gasteiger partial charge >= 0.3 is 0 Å². The lowest BCUT2D eigenvalue weighted by Gasteiger charge is -2.28. The molecule has 29 heavy (non-hydrogen) atoms. The van der Waals surface area contributed by atoms with Crippen molar-refractivity contribution in [1.82, 2.24) is 10.2 Å². The minimum atomic E-state index is -0.619. The van der Waals surface area contributed by atoms with Crippen LogP contribution in [-0.2, 0) is 4.79 Å². The van der Waals surface area contributed by atoms with Crippen LogP contribution in [0.4, 0.5) is 0 Å². The molecule has 0 aromatic heterocycles. The van der Waals surface area contributed by atoms with Gasteiger partial charge in [0.1, 0.15) is 11.8 Å². The first-order chi connectivity index (χ1) is 14.0. The third kappa shape index (κ3) is 5.05. The zero-order chi connectivity index (χ0) is 20.8. The molecule has 0 saturated carbocycles. The molecule has 1 aliphatic rings. The normalized spacial score (nSPS) is 24.7. The lowest BCUT2D eigenvalue weighted by atomic mass is 10.0. The van der Waals surface area contributed by atoms with Crippen molar-refractivity contribution in [1.29, 1.82) is 0 Å². The van der Waals surface area contributed by atoms with Crippen LogP contribution in [0.25, 0.3) is 0 Å². The number of likely N-dealkylation sites (N-methyl/N-ethyl adjacent to an activating group) is 1. The summed E-state index contributed by atoms with van der Waals surface area (Å²) in [5.74, 6) is 0.114. The summed E-state index contributed by atoms with van der Waals surface area (Å²) in [4.78, 5) is 27.5. The number of fused-ring (bicyclic) bond motifs is 1. The first kappa shape index (κ1) is 20.6. The molecule has 1 aliphatic heterocycles. The maximum Gasteiger partial charge on any atom is 0.258 e. The van der Waals surface area contributed by atoms with Crippen LogP contribution in [-0.4, -0.2) is 35.9 Å². The predicted octanol–water partition coefficient (Wildman–Crippen LogP) is 4.12. The van der Waals surface area contributed by atoms with Crippen molar-refractivity contribution >= 4 is 11.8 Å². The number of benzene rings is 2. The molecule has 0 radical (unpaired) electrons. The van der Waals surface area contributed by atoms with Crippen LogP contribution in [0, 0.1) is 0 Å². The molecular formula is C24H28N2O3. The van der Waals surface area contributed by atoms with Gasteiger partial charge in [-0.2, -0.15) is 0 Å². The van der Waals surface area contributed by atoms with Crippen LogP contribution in [0.15, 0.2) is 66.7 Å². The molecule has 152 valence electrons. The molecule has 0 saturated heterocycles. The van der Waals surface area contributed by atoms with Gasteiger partial charge in [-0.1, -0.05) is 54.6 Å². The first-order valence-electron chi connectivity index (χ1n) is 10.0. The Balaban J connectivity index is 1.92. The smallest absolute Gasteiger partial charge is 0.258 e. The predicted molar refractivity (Wildman–Crippen MR) is 114 cm³/mol. The summed E-state index contributed by atoms with van der Waals surface area (Å²) in [6, 6.07) is 16.3. The SMILES string of the molecule is C[C@H]1C/C=C\C[C@@H](c2ccccc2)NC(=O)[C@H](C)N(C)C(=O)c2ccccc2O1. The second-order valence-corrected chi connectivity index (χ2v) is 7.43. The van der Waals surface area contributed by atoms with E-state index in [0.29, 0.717) is 24.2 Å². The second kappa shape index (κ2) is 9.41. The van der Waals surface area contributed by atoms with Crippen LogP contribution in [0.5, 0.6) is 5.75 Å². The van der Waals surface area contributed by atoms with Crippen molar-refractivity contribution in [2.45, 2.75) is 44.9 Å². The van der Waals surface area contributed by atoms with Gasteiger partial charge in [0.15, 0.2) is 0 Å². The molecule has 2 amide bonds. The Hall–Kier alpha value is -3.08. The first-order valence-corrected chi connectivity index (χ1v) is 10.0. The molecule has 0 unspecified atom stereocenters.